The Morgan fingerprint density at radius 3 is 2.52 bits per heavy atom. The van der Waals surface area contributed by atoms with Crippen LogP contribution in [-0.4, -0.2) is 76.6 Å². The van der Waals surface area contributed by atoms with Gasteiger partial charge in [0.25, 0.3) is 5.91 Å². The van der Waals surface area contributed by atoms with Crippen LogP contribution >= 0.6 is 0 Å². The Morgan fingerprint density at radius 1 is 1.10 bits per heavy atom. The third-order valence-corrected chi connectivity index (χ3v) is 6.14. The third kappa shape index (κ3) is 3.91. The first kappa shape index (κ1) is 18.7. The molecule has 1 amide bonds. The maximum Gasteiger partial charge on any atom is 0.276 e. The average molecular weight is 399 g/mol. The molecule has 2 saturated heterocycles. The second kappa shape index (κ2) is 7.84. The standard InChI is InChI=1S/C21H26FN5O2/c22-17-3-5-18(6-4-17)27-20(16-1-2-16)19(23-24-27)21(28)26-10-8-25(9-11-26)13-15-7-12-29-14-15/h3-6,15-16H,1-2,7-14H2. The molecule has 2 aromatic rings. The lowest BCUT2D eigenvalue weighted by Gasteiger charge is -2.35. The Kier molecular flexibility index (Phi) is 5.05. The summed E-state index contributed by atoms with van der Waals surface area (Å²) < 4.78 is 20.5. The van der Waals surface area contributed by atoms with Crippen LogP contribution in [0.3, 0.4) is 0 Å². The highest BCUT2D eigenvalue weighted by atomic mass is 19.1. The van der Waals surface area contributed by atoms with Crippen LogP contribution in [0.4, 0.5) is 4.39 Å². The summed E-state index contributed by atoms with van der Waals surface area (Å²) in [5.41, 5.74) is 2.06. The molecule has 154 valence electrons. The zero-order valence-electron chi connectivity index (χ0n) is 16.5. The lowest BCUT2D eigenvalue weighted by molar-refractivity contribution is 0.0604. The van der Waals surface area contributed by atoms with Gasteiger partial charge in [0.2, 0.25) is 0 Å². The smallest absolute Gasteiger partial charge is 0.276 e. The SMILES string of the molecule is O=C(c1nnn(-c2ccc(F)cc2)c1C1CC1)N1CCN(CC2CCOC2)CC1. The van der Waals surface area contributed by atoms with Crippen LogP contribution in [0.15, 0.2) is 24.3 Å². The van der Waals surface area contributed by atoms with E-state index < -0.39 is 0 Å². The quantitative estimate of drug-likeness (QED) is 0.770. The number of rotatable bonds is 5. The molecule has 3 fully saturated rings. The fraction of sp³-hybridized carbons (Fsp3) is 0.571. The predicted molar refractivity (Wildman–Crippen MR) is 105 cm³/mol. The van der Waals surface area contributed by atoms with Crippen molar-refractivity contribution >= 4 is 5.91 Å². The third-order valence-electron chi connectivity index (χ3n) is 6.14. The Bertz CT molecular complexity index is 866. The van der Waals surface area contributed by atoms with Crippen molar-refractivity contribution in [3.8, 4) is 5.69 Å². The van der Waals surface area contributed by atoms with Gasteiger partial charge >= 0.3 is 0 Å². The molecule has 1 aromatic carbocycles. The summed E-state index contributed by atoms with van der Waals surface area (Å²) in [5, 5.41) is 8.50. The zero-order chi connectivity index (χ0) is 19.8. The molecule has 1 aliphatic carbocycles. The van der Waals surface area contributed by atoms with Crippen molar-refractivity contribution in [1.82, 2.24) is 24.8 Å². The number of ether oxygens (including phenoxy) is 1. The van der Waals surface area contributed by atoms with Crippen LogP contribution in [0.2, 0.25) is 0 Å². The predicted octanol–water partition coefficient (Wildman–Crippen LogP) is 2.08. The Balaban J connectivity index is 1.29. The molecule has 0 bridgehead atoms. The van der Waals surface area contributed by atoms with Crippen LogP contribution in [-0.2, 0) is 4.74 Å². The van der Waals surface area contributed by atoms with Crippen molar-refractivity contribution in [3.05, 3.63) is 41.5 Å². The molecule has 0 N–H and O–H groups in total. The largest absolute Gasteiger partial charge is 0.381 e. The summed E-state index contributed by atoms with van der Waals surface area (Å²) in [6, 6.07) is 6.17. The first-order valence-corrected chi connectivity index (χ1v) is 10.5. The van der Waals surface area contributed by atoms with E-state index in [1.807, 2.05) is 4.90 Å². The molecule has 5 rings (SSSR count). The molecule has 1 aromatic heterocycles. The average Bonchev–Trinajstić information content (AvgIpc) is 3.27. The van der Waals surface area contributed by atoms with Gasteiger partial charge in [-0.2, -0.15) is 0 Å². The summed E-state index contributed by atoms with van der Waals surface area (Å²) in [6.07, 6.45) is 3.20. The molecular weight excluding hydrogens is 373 g/mol. The zero-order valence-corrected chi connectivity index (χ0v) is 16.5. The molecule has 7 nitrogen and oxygen atoms in total. The van der Waals surface area contributed by atoms with E-state index in [0.717, 1.165) is 63.5 Å². The van der Waals surface area contributed by atoms with Gasteiger partial charge in [0, 0.05) is 45.2 Å². The van der Waals surface area contributed by atoms with E-state index >= 15 is 0 Å². The molecule has 1 atom stereocenters. The van der Waals surface area contributed by atoms with Crippen LogP contribution in [0.5, 0.6) is 0 Å². The van der Waals surface area contributed by atoms with Gasteiger partial charge in [-0.15, -0.1) is 5.10 Å². The molecule has 1 unspecified atom stereocenters. The van der Waals surface area contributed by atoms with E-state index in [0.29, 0.717) is 30.6 Å². The highest BCUT2D eigenvalue weighted by molar-refractivity contribution is 5.93. The van der Waals surface area contributed by atoms with Crippen LogP contribution in [0.25, 0.3) is 5.69 Å². The molecule has 29 heavy (non-hydrogen) atoms. The molecule has 3 heterocycles. The molecule has 1 saturated carbocycles. The second-order valence-electron chi connectivity index (χ2n) is 8.31. The molecule has 8 heteroatoms. The van der Waals surface area contributed by atoms with Gasteiger partial charge in [-0.25, -0.2) is 9.07 Å². The van der Waals surface area contributed by atoms with Crippen molar-refractivity contribution in [3.63, 3.8) is 0 Å². The number of hydrogen-bond acceptors (Lipinski definition) is 5. The van der Waals surface area contributed by atoms with E-state index in [2.05, 4.69) is 15.2 Å². The molecule has 0 spiro atoms. The van der Waals surface area contributed by atoms with Gasteiger partial charge in [0.1, 0.15) is 5.82 Å². The van der Waals surface area contributed by atoms with Crippen molar-refractivity contribution in [2.24, 2.45) is 5.92 Å². The number of hydrogen-bond donors (Lipinski definition) is 0. The summed E-state index contributed by atoms with van der Waals surface area (Å²) >= 11 is 0. The second-order valence-corrected chi connectivity index (χ2v) is 8.31. The Hall–Kier alpha value is -2.32. The van der Waals surface area contributed by atoms with E-state index in [1.54, 1.807) is 16.8 Å². The first-order valence-electron chi connectivity index (χ1n) is 10.5. The number of aromatic nitrogens is 3. The Labute approximate surface area is 169 Å². The summed E-state index contributed by atoms with van der Waals surface area (Å²) in [4.78, 5) is 17.5. The van der Waals surface area contributed by atoms with Gasteiger partial charge in [-0.05, 0) is 49.4 Å². The summed E-state index contributed by atoms with van der Waals surface area (Å²) in [7, 11) is 0. The van der Waals surface area contributed by atoms with E-state index in [4.69, 9.17) is 4.74 Å². The fourth-order valence-corrected chi connectivity index (χ4v) is 4.31. The van der Waals surface area contributed by atoms with Crippen molar-refractivity contribution in [1.29, 1.82) is 0 Å². The topological polar surface area (TPSA) is 63.5 Å². The van der Waals surface area contributed by atoms with Gasteiger partial charge in [-0.3, -0.25) is 9.69 Å². The van der Waals surface area contributed by atoms with Gasteiger partial charge in [0.05, 0.1) is 18.0 Å². The number of carbonyl (C=O) groups is 1. The molecular formula is C21H26FN5O2. The normalized spacial score (nSPS) is 22.9. The monoisotopic (exact) mass is 399 g/mol. The molecule has 2 aliphatic heterocycles. The van der Waals surface area contributed by atoms with E-state index in [9.17, 15) is 9.18 Å². The number of halogens is 1. The first-order chi connectivity index (χ1) is 14.2. The number of nitrogens with zero attached hydrogens (tertiary/aromatic N) is 5. The van der Waals surface area contributed by atoms with Crippen LogP contribution < -0.4 is 0 Å². The molecule has 0 radical (unpaired) electrons. The summed E-state index contributed by atoms with van der Waals surface area (Å²) in [5.74, 6) is 0.594. The lowest BCUT2D eigenvalue weighted by atomic mass is 10.1. The van der Waals surface area contributed by atoms with E-state index in [-0.39, 0.29) is 11.7 Å². The summed E-state index contributed by atoms with van der Waals surface area (Å²) in [6.45, 7) is 5.96. The maximum atomic E-state index is 13.3. The van der Waals surface area contributed by atoms with Crippen LogP contribution in [0, 0.1) is 11.7 Å². The minimum atomic E-state index is -0.292. The van der Waals surface area contributed by atoms with Crippen molar-refractivity contribution in [2.75, 3.05) is 45.9 Å². The lowest BCUT2D eigenvalue weighted by Crippen LogP contribution is -2.50. The van der Waals surface area contributed by atoms with Crippen LogP contribution in [0.1, 0.15) is 41.4 Å². The minimum absolute atomic E-state index is 0.0379. The number of benzene rings is 1. The van der Waals surface area contributed by atoms with Crippen molar-refractivity contribution in [2.45, 2.75) is 25.2 Å². The number of carbonyl (C=O) groups excluding carboxylic acids is 1. The number of amides is 1. The number of piperazine rings is 1. The highest BCUT2D eigenvalue weighted by Crippen LogP contribution is 2.42. The highest BCUT2D eigenvalue weighted by Gasteiger charge is 2.36. The minimum Gasteiger partial charge on any atom is -0.381 e. The van der Waals surface area contributed by atoms with Crippen molar-refractivity contribution < 1.29 is 13.9 Å². The molecule has 3 aliphatic rings. The van der Waals surface area contributed by atoms with Gasteiger partial charge in [-0.1, -0.05) is 5.21 Å². The van der Waals surface area contributed by atoms with Gasteiger partial charge < -0.3 is 9.64 Å². The van der Waals surface area contributed by atoms with Gasteiger partial charge in [0.15, 0.2) is 5.69 Å². The van der Waals surface area contributed by atoms with E-state index in [1.165, 1.54) is 12.1 Å². The Morgan fingerprint density at radius 2 is 1.86 bits per heavy atom. The fourth-order valence-electron chi connectivity index (χ4n) is 4.31. The maximum absolute atomic E-state index is 13.3.